The number of rotatable bonds is 2. The van der Waals surface area contributed by atoms with Gasteiger partial charge >= 0.3 is 0 Å². The van der Waals surface area contributed by atoms with Gasteiger partial charge in [-0.3, -0.25) is 0 Å². The third-order valence-corrected chi connectivity index (χ3v) is 5.84. The smallest absolute Gasteiger partial charge is 0.138 e. The van der Waals surface area contributed by atoms with Crippen molar-refractivity contribution in [2.45, 2.75) is 44.4 Å². The Balaban J connectivity index is 1.83. The Morgan fingerprint density at radius 1 is 1.14 bits per heavy atom. The SMILES string of the molecule is CNc1nc(C2CCOCC2)nc2sc3c(c12)CCCC3. The summed E-state index contributed by atoms with van der Waals surface area (Å²) in [4.78, 5) is 12.5. The Labute approximate surface area is 128 Å². The molecule has 2 aliphatic rings. The van der Waals surface area contributed by atoms with Crippen molar-refractivity contribution in [3.05, 3.63) is 16.3 Å². The number of anilines is 1. The Hall–Kier alpha value is -1.20. The molecule has 2 aromatic heterocycles. The van der Waals surface area contributed by atoms with Crippen molar-refractivity contribution in [3.63, 3.8) is 0 Å². The first-order chi connectivity index (χ1) is 10.4. The number of ether oxygens (including phenoxy) is 1. The van der Waals surface area contributed by atoms with Gasteiger partial charge in [-0.1, -0.05) is 0 Å². The van der Waals surface area contributed by atoms with Crippen LogP contribution in [0, 0.1) is 0 Å². The van der Waals surface area contributed by atoms with Crippen LogP contribution in [0.15, 0.2) is 0 Å². The average Bonchev–Trinajstić information content (AvgIpc) is 2.93. The minimum absolute atomic E-state index is 0.453. The van der Waals surface area contributed by atoms with Crippen molar-refractivity contribution in [2.24, 2.45) is 0 Å². The largest absolute Gasteiger partial charge is 0.381 e. The van der Waals surface area contributed by atoms with Crippen LogP contribution in [0.3, 0.4) is 0 Å². The molecule has 0 aromatic carbocycles. The fourth-order valence-electron chi connectivity index (χ4n) is 3.49. The number of aryl methyl sites for hydroxylation is 2. The van der Waals surface area contributed by atoms with Gasteiger partial charge < -0.3 is 10.1 Å². The van der Waals surface area contributed by atoms with Crippen molar-refractivity contribution in [3.8, 4) is 0 Å². The molecule has 0 radical (unpaired) electrons. The maximum Gasteiger partial charge on any atom is 0.138 e. The first kappa shape index (κ1) is 13.5. The molecule has 1 saturated heterocycles. The first-order valence-electron chi connectivity index (χ1n) is 7.94. The molecule has 4 nitrogen and oxygen atoms in total. The van der Waals surface area contributed by atoms with Crippen LogP contribution in [0.4, 0.5) is 5.82 Å². The standard InChI is InChI=1S/C16H21N3OS/c1-17-15-13-11-4-2-3-5-12(11)21-16(13)19-14(18-15)10-6-8-20-9-7-10/h10H,2-9H2,1H3,(H,17,18,19). The van der Waals surface area contributed by atoms with E-state index in [1.807, 2.05) is 18.4 Å². The van der Waals surface area contributed by atoms with E-state index < -0.39 is 0 Å². The highest BCUT2D eigenvalue weighted by molar-refractivity contribution is 7.19. The lowest BCUT2D eigenvalue weighted by molar-refractivity contribution is 0.0837. The summed E-state index contributed by atoms with van der Waals surface area (Å²) in [5.74, 6) is 2.49. The van der Waals surface area contributed by atoms with Gasteiger partial charge in [-0.25, -0.2) is 9.97 Å². The number of fused-ring (bicyclic) bond motifs is 3. The topological polar surface area (TPSA) is 47.0 Å². The number of hydrogen-bond donors (Lipinski definition) is 1. The quantitative estimate of drug-likeness (QED) is 0.922. The average molecular weight is 303 g/mol. The lowest BCUT2D eigenvalue weighted by Gasteiger charge is -2.21. The predicted molar refractivity (Wildman–Crippen MR) is 86.4 cm³/mol. The summed E-state index contributed by atoms with van der Waals surface area (Å²) < 4.78 is 5.46. The zero-order valence-electron chi connectivity index (χ0n) is 12.4. The third kappa shape index (κ3) is 2.32. The van der Waals surface area contributed by atoms with Crippen LogP contribution in [-0.2, 0) is 17.6 Å². The number of hydrogen-bond acceptors (Lipinski definition) is 5. The molecule has 5 heteroatoms. The molecule has 0 bridgehead atoms. The normalized spacial score (nSPS) is 19.7. The van der Waals surface area contributed by atoms with Crippen LogP contribution in [-0.4, -0.2) is 30.2 Å². The van der Waals surface area contributed by atoms with Crippen molar-refractivity contribution in [1.82, 2.24) is 9.97 Å². The molecule has 0 spiro atoms. The zero-order chi connectivity index (χ0) is 14.2. The van der Waals surface area contributed by atoms with Crippen LogP contribution >= 0.6 is 11.3 Å². The second-order valence-corrected chi connectivity index (χ2v) is 7.04. The Kier molecular flexibility index (Phi) is 3.55. The highest BCUT2D eigenvalue weighted by Crippen LogP contribution is 2.39. The number of aromatic nitrogens is 2. The molecule has 2 aromatic rings. The summed E-state index contributed by atoms with van der Waals surface area (Å²) in [6.07, 6.45) is 7.09. The Bertz CT molecular complexity index is 661. The summed E-state index contributed by atoms with van der Waals surface area (Å²) >= 11 is 1.89. The van der Waals surface area contributed by atoms with Gasteiger partial charge in [0.1, 0.15) is 16.5 Å². The summed E-state index contributed by atoms with van der Waals surface area (Å²) in [7, 11) is 1.97. The molecule has 1 aliphatic heterocycles. The van der Waals surface area contributed by atoms with Gasteiger partial charge in [0.15, 0.2) is 0 Å². The summed E-state index contributed by atoms with van der Waals surface area (Å²) in [5, 5.41) is 4.60. The molecule has 0 amide bonds. The monoisotopic (exact) mass is 303 g/mol. The van der Waals surface area contributed by atoms with E-state index in [9.17, 15) is 0 Å². The van der Waals surface area contributed by atoms with E-state index in [1.165, 1.54) is 46.3 Å². The maximum absolute atomic E-state index is 5.46. The minimum Gasteiger partial charge on any atom is -0.381 e. The molecule has 1 fully saturated rings. The van der Waals surface area contributed by atoms with E-state index in [0.29, 0.717) is 5.92 Å². The van der Waals surface area contributed by atoms with E-state index in [2.05, 4.69) is 5.32 Å². The second-order valence-electron chi connectivity index (χ2n) is 5.96. The number of nitrogens with zero attached hydrogens (tertiary/aromatic N) is 2. The molecule has 1 aliphatic carbocycles. The number of nitrogens with one attached hydrogen (secondary N) is 1. The summed E-state index contributed by atoms with van der Waals surface area (Å²) in [6, 6.07) is 0. The first-order valence-corrected chi connectivity index (χ1v) is 8.76. The Morgan fingerprint density at radius 2 is 1.95 bits per heavy atom. The van der Waals surface area contributed by atoms with Crippen LogP contribution in [0.2, 0.25) is 0 Å². The van der Waals surface area contributed by atoms with Crippen molar-refractivity contribution < 1.29 is 4.74 Å². The van der Waals surface area contributed by atoms with Crippen molar-refractivity contribution in [1.29, 1.82) is 0 Å². The number of thiophene rings is 1. The second kappa shape index (κ2) is 5.54. The molecule has 3 heterocycles. The molecule has 0 unspecified atom stereocenters. The molecule has 4 rings (SSSR count). The van der Waals surface area contributed by atoms with E-state index in [0.717, 1.165) is 37.7 Å². The van der Waals surface area contributed by atoms with Gasteiger partial charge in [-0.05, 0) is 44.1 Å². The lowest BCUT2D eigenvalue weighted by Crippen LogP contribution is -2.17. The van der Waals surface area contributed by atoms with E-state index in [-0.39, 0.29) is 0 Å². The fourth-order valence-corrected chi connectivity index (χ4v) is 4.76. The molecule has 112 valence electrons. The molecular formula is C16H21N3OS. The molecule has 21 heavy (non-hydrogen) atoms. The maximum atomic E-state index is 5.46. The van der Waals surface area contributed by atoms with E-state index in [1.54, 1.807) is 0 Å². The lowest BCUT2D eigenvalue weighted by atomic mass is 9.96. The third-order valence-electron chi connectivity index (χ3n) is 4.66. The molecule has 1 N–H and O–H groups in total. The molecule has 0 atom stereocenters. The van der Waals surface area contributed by atoms with Crippen LogP contribution < -0.4 is 5.32 Å². The van der Waals surface area contributed by atoms with Gasteiger partial charge in [0.05, 0.1) is 5.39 Å². The minimum atomic E-state index is 0.453. The fraction of sp³-hybridized carbons (Fsp3) is 0.625. The van der Waals surface area contributed by atoms with Crippen LogP contribution in [0.1, 0.15) is 47.9 Å². The van der Waals surface area contributed by atoms with Crippen molar-refractivity contribution in [2.75, 3.05) is 25.6 Å². The van der Waals surface area contributed by atoms with Gasteiger partial charge in [0.2, 0.25) is 0 Å². The van der Waals surface area contributed by atoms with Crippen molar-refractivity contribution >= 4 is 27.4 Å². The highest BCUT2D eigenvalue weighted by Gasteiger charge is 2.24. The Morgan fingerprint density at radius 3 is 2.76 bits per heavy atom. The van der Waals surface area contributed by atoms with Gasteiger partial charge in [-0.15, -0.1) is 11.3 Å². The summed E-state index contributed by atoms with van der Waals surface area (Å²) in [5.41, 5.74) is 1.50. The van der Waals surface area contributed by atoms with Gasteiger partial charge in [-0.2, -0.15) is 0 Å². The van der Waals surface area contributed by atoms with E-state index in [4.69, 9.17) is 14.7 Å². The predicted octanol–water partition coefficient (Wildman–Crippen LogP) is 3.51. The van der Waals surface area contributed by atoms with Crippen LogP contribution in [0.25, 0.3) is 10.2 Å². The molecular weight excluding hydrogens is 282 g/mol. The van der Waals surface area contributed by atoms with Gasteiger partial charge in [0.25, 0.3) is 0 Å². The van der Waals surface area contributed by atoms with Gasteiger partial charge in [0, 0.05) is 31.1 Å². The van der Waals surface area contributed by atoms with Crippen LogP contribution in [0.5, 0.6) is 0 Å². The highest BCUT2D eigenvalue weighted by atomic mass is 32.1. The molecule has 0 saturated carbocycles. The van der Waals surface area contributed by atoms with E-state index >= 15 is 0 Å². The zero-order valence-corrected chi connectivity index (χ0v) is 13.3. The summed E-state index contributed by atoms with van der Waals surface area (Å²) in [6.45, 7) is 1.67.